The molecule has 4 heteroatoms. The molecule has 3 aliphatic rings. The van der Waals surface area contributed by atoms with E-state index in [4.69, 9.17) is 9.84 Å². The fraction of sp³-hybridized carbons (Fsp3) is 0.345. The fourth-order valence-electron chi connectivity index (χ4n) is 5.66. The molecule has 4 nitrogen and oxygen atoms in total. The van der Waals surface area contributed by atoms with E-state index in [-0.39, 0.29) is 11.8 Å². The average Bonchev–Trinajstić information content (AvgIpc) is 3.33. The molecular weight excluding hydrogens is 406 g/mol. The summed E-state index contributed by atoms with van der Waals surface area (Å²) < 4.78 is 6.75. The molecular formula is C29H31N3O. The Bertz CT molecular complexity index is 1150. The summed E-state index contributed by atoms with van der Waals surface area (Å²) in [4.78, 5) is 2.56. The van der Waals surface area contributed by atoms with Gasteiger partial charge in [-0.1, -0.05) is 79.7 Å². The third kappa shape index (κ3) is 3.63. The van der Waals surface area contributed by atoms with Gasteiger partial charge in [-0.3, -0.25) is 0 Å². The van der Waals surface area contributed by atoms with Crippen LogP contribution in [0.1, 0.15) is 49.8 Å². The quantitative estimate of drug-likeness (QED) is 0.494. The Hall–Kier alpha value is -3.11. The molecule has 1 fully saturated rings. The molecule has 0 saturated carbocycles. The van der Waals surface area contributed by atoms with Crippen LogP contribution in [0.4, 0.5) is 0 Å². The van der Waals surface area contributed by atoms with Crippen LogP contribution in [0.15, 0.2) is 84.0 Å². The van der Waals surface area contributed by atoms with Crippen molar-refractivity contribution in [3.8, 4) is 16.9 Å². The van der Waals surface area contributed by atoms with E-state index in [2.05, 4.69) is 95.7 Å². The van der Waals surface area contributed by atoms with Crippen molar-refractivity contribution in [3.63, 3.8) is 0 Å². The zero-order chi connectivity index (χ0) is 22.3. The van der Waals surface area contributed by atoms with Gasteiger partial charge in [0.05, 0.1) is 11.8 Å². The standard InChI is InChI=1S/C29H31N3O/c1-2-18-31-19-16-29(17-20-31)32-27(25-10-6-7-11-28(25)33-29)21-26(30-32)24-14-12-23(13-15-24)22-8-4-3-5-9-22/h3-15,27H,2,16-21H2,1H3/t27-/m1/s1. The van der Waals surface area contributed by atoms with Crippen LogP contribution in [0.3, 0.4) is 0 Å². The van der Waals surface area contributed by atoms with E-state index in [1.54, 1.807) is 0 Å². The molecule has 1 spiro atoms. The number of benzene rings is 3. The molecule has 0 radical (unpaired) electrons. The lowest BCUT2D eigenvalue weighted by Crippen LogP contribution is -2.59. The van der Waals surface area contributed by atoms with Crippen LogP contribution in [-0.4, -0.2) is 41.0 Å². The molecule has 1 atom stereocenters. The monoisotopic (exact) mass is 437 g/mol. The minimum atomic E-state index is -0.338. The molecule has 6 rings (SSSR count). The summed E-state index contributed by atoms with van der Waals surface area (Å²) in [7, 11) is 0. The van der Waals surface area contributed by atoms with Crippen molar-refractivity contribution in [1.82, 2.24) is 9.91 Å². The molecule has 168 valence electrons. The number of nitrogens with zero attached hydrogens (tertiary/aromatic N) is 3. The van der Waals surface area contributed by atoms with Crippen molar-refractivity contribution in [3.05, 3.63) is 90.0 Å². The number of hydrogen-bond acceptors (Lipinski definition) is 4. The topological polar surface area (TPSA) is 28.1 Å². The number of fused-ring (bicyclic) bond motifs is 4. The van der Waals surface area contributed by atoms with Crippen molar-refractivity contribution in [2.45, 2.75) is 44.4 Å². The second kappa shape index (κ2) is 8.35. The van der Waals surface area contributed by atoms with Gasteiger partial charge in [-0.25, -0.2) is 5.01 Å². The summed E-state index contributed by atoms with van der Waals surface area (Å²) in [6.45, 7) is 5.55. The van der Waals surface area contributed by atoms with Crippen molar-refractivity contribution < 1.29 is 4.74 Å². The van der Waals surface area contributed by atoms with Gasteiger partial charge >= 0.3 is 0 Å². The summed E-state index contributed by atoms with van der Waals surface area (Å²) in [5.41, 5.74) is 5.78. The Morgan fingerprint density at radius 3 is 2.27 bits per heavy atom. The molecule has 33 heavy (non-hydrogen) atoms. The minimum Gasteiger partial charge on any atom is -0.466 e. The lowest BCUT2D eigenvalue weighted by atomic mass is 9.90. The molecule has 0 amide bonds. The van der Waals surface area contributed by atoms with Crippen LogP contribution < -0.4 is 4.74 Å². The molecule has 1 saturated heterocycles. The van der Waals surface area contributed by atoms with Crippen molar-refractivity contribution in [2.75, 3.05) is 19.6 Å². The van der Waals surface area contributed by atoms with Gasteiger partial charge in [0.15, 0.2) is 0 Å². The SMILES string of the molecule is CCCN1CCC2(CC1)Oc1ccccc1[C@H]1CC(c3ccc(-c4ccccc4)cc3)=NN12. The highest BCUT2D eigenvalue weighted by Crippen LogP contribution is 2.49. The number of para-hydroxylation sites is 1. The van der Waals surface area contributed by atoms with Crippen LogP contribution in [0.25, 0.3) is 11.1 Å². The maximum absolute atomic E-state index is 6.75. The van der Waals surface area contributed by atoms with Gasteiger partial charge in [0.2, 0.25) is 5.72 Å². The molecule has 0 aromatic heterocycles. The highest BCUT2D eigenvalue weighted by atomic mass is 16.5. The largest absolute Gasteiger partial charge is 0.466 e. The van der Waals surface area contributed by atoms with Crippen LogP contribution >= 0.6 is 0 Å². The van der Waals surface area contributed by atoms with Crippen LogP contribution in [-0.2, 0) is 0 Å². The number of hydrogen-bond donors (Lipinski definition) is 0. The van der Waals surface area contributed by atoms with E-state index in [1.165, 1.54) is 35.2 Å². The lowest BCUT2D eigenvalue weighted by Gasteiger charge is -2.51. The maximum Gasteiger partial charge on any atom is 0.200 e. The Morgan fingerprint density at radius 1 is 0.848 bits per heavy atom. The third-order valence-electron chi connectivity index (χ3n) is 7.41. The molecule has 0 N–H and O–H groups in total. The Morgan fingerprint density at radius 2 is 1.52 bits per heavy atom. The van der Waals surface area contributed by atoms with E-state index in [1.807, 2.05) is 0 Å². The van der Waals surface area contributed by atoms with Gasteiger partial charge in [0.25, 0.3) is 0 Å². The van der Waals surface area contributed by atoms with E-state index < -0.39 is 0 Å². The average molecular weight is 438 g/mol. The predicted octanol–water partition coefficient (Wildman–Crippen LogP) is 6.10. The molecule has 0 unspecified atom stereocenters. The summed E-state index contributed by atoms with van der Waals surface area (Å²) in [6.07, 6.45) is 4.10. The number of ether oxygens (including phenoxy) is 1. The summed E-state index contributed by atoms with van der Waals surface area (Å²) in [5, 5.41) is 7.55. The van der Waals surface area contributed by atoms with Crippen LogP contribution in [0, 0.1) is 0 Å². The maximum atomic E-state index is 6.75. The van der Waals surface area contributed by atoms with Crippen molar-refractivity contribution in [1.29, 1.82) is 0 Å². The first-order chi connectivity index (χ1) is 16.3. The smallest absolute Gasteiger partial charge is 0.200 e. The van der Waals surface area contributed by atoms with Crippen molar-refractivity contribution >= 4 is 5.71 Å². The first kappa shape index (κ1) is 20.5. The Balaban J connectivity index is 1.32. The zero-order valence-electron chi connectivity index (χ0n) is 19.3. The highest BCUT2D eigenvalue weighted by molar-refractivity contribution is 6.02. The first-order valence-electron chi connectivity index (χ1n) is 12.3. The van der Waals surface area contributed by atoms with E-state index in [0.717, 1.165) is 43.8 Å². The summed E-state index contributed by atoms with van der Waals surface area (Å²) >= 11 is 0. The van der Waals surface area contributed by atoms with E-state index in [9.17, 15) is 0 Å². The van der Waals surface area contributed by atoms with E-state index >= 15 is 0 Å². The van der Waals surface area contributed by atoms with Gasteiger partial charge in [0, 0.05) is 37.9 Å². The number of rotatable bonds is 4. The minimum absolute atomic E-state index is 0.247. The molecule has 0 bridgehead atoms. The molecule has 3 aromatic rings. The van der Waals surface area contributed by atoms with Gasteiger partial charge in [0.1, 0.15) is 5.75 Å². The third-order valence-corrected chi connectivity index (χ3v) is 7.41. The number of hydrazone groups is 1. The molecule has 3 aromatic carbocycles. The summed E-state index contributed by atoms with van der Waals surface area (Å²) in [5.74, 6) is 1.04. The van der Waals surface area contributed by atoms with E-state index in [0.29, 0.717) is 0 Å². The van der Waals surface area contributed by atoms with Gasteiger partial charge < -0.3 is 9.64 Å². The number of piperidine rings is 1. The van der Waals surface area contributed by atoms with Gasteiger partial charge in [-0.15, -0.1) is 0 Å². The molecule has 3 heterocycles. The Labute approximate surface area is 196 Å². The normalized spacial score (nSPS) is 21.3. The first-order valence-corrected chi connectivity index (χ1v) is 12.3. The zero-order valence-corrected chi connectivity index (χ0v) is 19.3. The van der Waals surface area contributed by atoms with Gasteiger partial charge in [-0.05, 0) is 35.7 Å². The second-order valence-corrected chi connectivity index (χ2v) is 9.48. The second-order valence-electron chi connectivity index (χ2n) is 9.48. The Kier molecular flexibility index (Phi) is 5.18. The summed E-state index contributed by atoms with van der Waals surface area (Å²) in [6, 6.07) is 28.2. The van der Waals surface area contributed by atoms with Gasteiger partial charge in [-0.2, -0.15) is 5.10 Å². The highest BCUT2D eigenvalue weighted by Gasteiger charge is 2.51. The molecule has 0 aliphatic carbocycles. The number of likely N-dealkylation sites (tertiary alicyclic amines) is 1. The van der Waals surface area contributed by atoms with Crippen LogP contribution in [0.2, 0.25) is 0 Å². The lowest BCUT2D eigenvalue weighted by molar-refractivity contribution is -0.149. The molecule has 3 aliphatic heterocycles. The van der Waals surface area contributed by atoms with Crippen LogP contribution in [0.5, 0.6) is 5.75 Å². The fourth-order valence-corrected chi connectivity index (χ4v) is 5.66. The predicted molar refractivity (Wildman–Crippen MR) is 133 cm³/mol. The van der Waals surface area contributed by atoms with Crippen molar-refractivity contribution in [2.24, 2.45) is 5.10 Å².